The molecule has 0 aliphatic rings. The minimum absolute atomic E-state index is 0.0773. The van der Waals surface area contributed by atoms with E-state index in [0.29, 0.717) is 18.4 Å². The molecule has 12 amide bonds. The molecule has 1 rings (SSSR count). The SMILES string of the molecule is CC(=O)NCCCC[C@H](NC(=O)[C@H](CCCNC(N)N)NC(=O)CNC(=O)[C@H](Cc1ccc(O)cc1)NC(=O)[C@@H](N)CO)C(=O)N[C@@H](CCCCN)C(=O)N[C@@H](CCCNC(N)N)C(=O)N[C@@H](CCCNC(N)N)C(=O)N[C@@H](CCC(N)=O)C(=O)N[C@@H](CCCNC(N)N)C(=O)N[C@@H](CS)C(=O)O. The number of rotatable bonds is 57. The highest BCUT2D eigenvalue weighted by molar-refractivity contribution is 7.80. The molecule has 1 aromatic rings. The Hall–Kier alpha value is -8.12. The normalized spacial score (nSPS) is 14.3. The van der Waals surface area contributed by atoms with Gasteiger partial charge in [0.15, 0.2) is 0 Å². The van der Waals surface area contributed by atoms with Crippen LogP contribution >= 0.6 is 12.6 Å². The van der Waals surface area contributed by atoms with Crippen molar-refractivity contribution in [2.75, 3.05) is 58.2 Å². The van der Waals surface area contributed by atoms with Gasteiger partial charge < -0.3 is 137 Å². The molecular weight excluding hydrogens is 1370 g/mol. The van der Waals surface area contributed by atoms with Gasteiger partial charge in [-0.1, -0.05) is 12.1 Å². The quantitative estimate of drug-likeness (QED) is 0.0164. The summed E-state index contributed by atoms with van der Waals surface area (Å²) < 4.78 is 0. The van der Waals surface area contributed by atoms with E-state index < -0.39 is 183 Å². The molecule has 586 valence electrons. The summed E-state index contributed by atoms with van der Waals surface area (Å²) in [4.78, 5) is 177. The molecule has 0 saturated heterocycles. The molecule has 0 aliphatic carbocycles. The number of hydrogen-bond acceptors (Lipinski definition) is 30. The van der Waals surface area contributed by atoms with E-state index in [1.54, 1.807) is 0 Å². The largest absolute Gasteiger partial charge is 0.508 e. The highest BCUT2D eigenvalue weighted by Crippen LogP contribution is 2.14. The van der Waals surface area contributed by atoms with E-state index in [0.717, 1.165) is 0 Å². The molecule has 0 aliphatic heterocycles. The number of amides is 12. The zero-order valence-corrected chi connectivity index (χ0v) is 59.1. The minimum atomic E-state index is -1.64. The fourth-order valence-electron chi connectivity index (χ4n) is 9.76. The Kier molecular flexibility index (Phi) is 47.6. The van der Waals surface area contributed by atoms with Crippen LogP contribution in [0.15, 0.2) is 24.3 Å². The van der Waals surface area contributed by atoms with Crippen LogP contribution in [0.1, 0.15) is 115 Å². The maximum absolute atomic E-state index is 14.8. The fraction of sp³-hybridized carbons (Fsp3) is 0.683. The van der Waals surface area contributed by atoms with Gasteiger partial charge >= 0.3 is 5.97 Å². The van der Waals surface area contributed by atoms with E-state index >= 15 is 0 Å². The van der Waals surface area contributed by atoms with Crippen molar-refractivity contribution in [1.82, 2.24) is 79.8 Å². The average Bonchev–Trinajstić information content (AvgIpc) is 0.873. The van der Waals surface area contributed by atoms with Crippen molar-refractivity contribution in [3.05, 3.63) is 29.8 Å². The Morgan fingerprint density at radius 1 is 0.417 bits per heavy atom. The number of carboxylic acids is 1. The Morgan fingerprint density at radius 2 is 0.757 bits per heavy atom. The average molecular weight is 1490 g/mol. The predicted molar refractivity (Wildman–Crippen MR) is 380 cm³/mol. The molecule has 0 fully saturated rings. The fourth-order valence-corrected chi connectivity index (χ4v) is 10.0. The third kappa shape index (κ3) is 42.3. The number of primary amides is 1. The Bertz CT molecular complexity index is 2800. The second-order valence-electron chi connectivity index (χ2n) is 24.3. The molecule has 0 bridgehead atoms. The second-order valence-corrected chi connectivity index (χ2v) is 24.6. The minimum Gasteiger partial charge on any atom is -0.508 e. The van der Waals surface area contributed by atoms with E-state index in [4.69, 9.17) is 63.1 Å². The van der Waals surface area contributed by atoms with Gasteiger partial charge in [0.2, 0.25) is 70.9 Å². The van der Waals surface area contributed by atoms with Gasteiger partial charge in [-0.05, 0) is 147 Å². The lowest BCUT2D eigenvalue weighted by molar-refractivity contribution is -0.141. The first-order valence-electron chi connectivity index (χ1n) is 33.9. The third-order valence-electron chi connectivity index (χ3n) is 15.3. The summed E-state index contributed by atoms with van der Waals surface area (Å²) in [5, 5.41) is 68.0. The lowest BCUT2D eigenvalue weighted by Crippen LogP contribution is -2.60. The number of nitrogens with two attached hydrogens (primary N) is 11. The van der Waals surface area contributed by atoms with Gasteiger partial charge in [0.1, 0.15) is 91.3 Å². The van der Waals surface area contributed by atoms with E-state index in [1.807, 2.05) is 0 Å². The van der Waals surface area contributed by atoms with Gasteiger partial charge in [0.25, 0.3) is 0 Å². The molecule has 10 atom stereocenters. The zero-order chi connectivity index (χ0) is 77.6. The first-order valence-corrected chi connectivity index (χ1v) is 34.5. The van der Waals surface area contributed by atoms with Crippen molar-refractivity contribution in [2.24, 2.45) is 63.1 Å². The number of aromatic hydroxyl groups is 1. The third-order valence-corrected chi connectivity index (χ3v) is 15.7. The number of phenols is 1. The van der Waals surface area contributed by atoms with Crippen molar-refractivity contribution >= 4 is 89.5 Å². The molecule has 0 spiro atoms. The molecule has 40 N–H and O–H groups in total. The van der Waals surface area contributed by atoms with Crippen LogP contribution in [-0.2, 0) is 68.7 Å². The molecule has 43 heteroatoms. The van der Waals surface area contributed by atoms with Crippen LogP contribution in [0.5, 0.6) is 5.75 Å². The smallest absolute Gasteiger partial charge is 0.327 e. The summed E-state index contributed by atoms with van der Waals surface area (Å²) >= 11 is 3.99. The summed E-state index contributed by atoms with van der Waals surface area (Å²) in [5.74, 6) is -12.5. The molecule has 1 aromatic carbocycles. The zero-order valence-electron chi connectivity index (χ0n) is 58.2. The van der Waals surface area contributed by atoms with Crippen LogP contribution < -0.4 is 143 Å². The molecule has 103 heavy (non-hydrogen) atoms. The van der Waals surface area contributed by atoms with Crippen LogP contribution in [-0.4, -0.2) is 236 Å². The number of nitrogens with one attached hydrogen (secondary N) is 15. The number of aliphatic hydroxyl groups excluding tert-OH is 1. The standard InChI is InChI=1S/C60H114N26O16S/c1-32(88)72-23-5-3-11-38(79-49(94)36(12-6-24-73-57(64)65)78-46(91)29-77-48(93)43(85-47(92)35(62)30-87)28-33-16-18-34(89)19-17-33)51(96)80-37(10-2-4-22-61)50(95)81-39(13-7-25-74-58(66)67)52(97)82-40(14-8-26-75-59(68)69)53(98)84-42(20-21-45(63)90)55(100)83-41(15-9-27-76-60(70)71)54(99)86-44(31-103)56(101)102/h16-19,35-44,57-60,73-76,87,89,103H,2-15,20-31,61-62,64-71H2,1H3,(H2,63,90)(H,72,88)(H,77,93)(H,78,91)(H,79,94)(H,80,96)(H,81,95)(H,82,97)(H,83,100)(H,84,98)(H,85,92)(H,86,99)(H,101,102)/t35-,36-,37-,38-,39-,40-,41-,42-,43-,44-/m0/s1. The van der Waals surface area contributed by atoms with Crippen LogP contribution in [0.3, 0.4) is 0 Å². The van der Waals surface area contributed by atoms with Crippen LogP contribution in [0.4, 0.5) is 0 Å². The summed E-state index contributed by atoms with van der Waals surface area (Å²) in [7, 11) is 0. The monoisotopic (exact) mass is 1490 g/mol. The van der Waals surface area contributed by atoms with Crippen LogP contribution in [0.2, 0.25) is 0 Å². The number of carboxylic acid groups (broad SMARTS) is 1. The second kappa shape index (κ2) is 52.8. The number of carbonyl (C=O) groups is 13. The van der Waals surface area contributed by atoms with Gasteiger partial charge in [-0.15, -0.1) is 0 Å². The number of thiol groups is 1. The van der Waals surface area contributed by atoms with Gasteiger partial charge in [-0.3, -0.25) is 78.8 Å². The molecule has 0 radical (unpaired) electrons. The van der Waals surface area contributed by atoms with Crippen LogP contribution in [0, 0.1) is 0 Å². The Morgan fingerprint density at radius 3 is 1.09 bits per heavy atom. The molecular formula is C60H114N26O16S. The first-order chi connectivity index (χ1) is 48.7. The number of unbranched alkanes of at least 4 members (excludes halogenated alkanes) is 2. The van der Waals surface area contributed by atoms with Crippen molar-refractivity contribution in [2.45, 2.75) is 202 Å². The first kappa shape index (κ1) is 92.9. The highest BCUT2D eigenvalue weighted by atomic mass is 32.1. The number of phenolic OH excluding ortho intramolecular Hbond substituents is 1. The lowest BCUT2D eigenvalue weighted by Gasteiger charge is -2.28. The number of aliphatic hydroxyl groups is 1. The summed E-state index contributed by atoms with van der Waals surface area (Å²) in [5.41, 5.74) is 62.9. The van der Waals surface area contributed by atoms with E-state index in [2.05, 4.69) is 92.4 Å². The van der Waals surface area contributed by atoms with Crippen molar-refractivity contribution in [3.8, 4) is 5.75 Å². The molecule has 0 heterocycles. The number of benzene rings is 1. The lowest BCUT2D eigenvalue weighted by atomic mass is 10.0. The number of hydrogen-bond donors (Lipinski definition) is 30. The summed E-state index contributed by atoms with van der Waals surface area (Å²) in [6, 6.07) is -9.12. The molecule has 42 nitrogen and oxygen atoms in total. The highest BCUT2D eigenvalue weighted by Gasteiger charge is 2.36. The summed E-state index contributed by atoms with van der Waals surface area (Å²) in [6.45, 7) is 0.534. The van der Waals surface area contributed by atoms with E-state index in [9.17, 15) is 77.6 Å². The van der Waals surface area contributed by atoms with Gasteiger partial charge in [-0.2, -0.15) is 12.6 Å². The Labute approximate surface area is 603 Å². The van der Waals surface area contributed by atoms with Crippen molar-refractivity contribution in [3.63, 3.8) is 0 Å². The van der Waals surface area contributed by atoms with Gasteiger partial charge in [-0.25, -0.2) is 4.79 Å². The van der Waals surface area contributed by atoms with E-state index in [1.165, 1.54) is 31.2 Å². The Balaban J connectivity index is 3.85. The summed E-state index contributed by atoms with van der Waals surface area (Å²) in [6.07, 6.45) is -4.35. The predicted octanol–water partition coefficient (Wildman–Crippen LogP) is -12.3. The van der Waals surface area contributed by atoms with Crippen molar-refractivity contribution < 1.29 is 77.6 Å². The number of aliphatic carboxylic acids is 1. The molecule has 0 aromatic heterocycles. The van der Waals surface area contributed by atoms with Gasteiger partial charge in [0, 0.05) is 32.1 Å². The maximum atomic E-state index is 14.8. The van der Waals surface area contributed by atoms with Crippen molar-refractivity contribution in [1.29, 1.82) is 0 Å². The molecule has 0 saturated carbocycles. The van der Waals surface area contributed by atoms with E-state index in [-0.39, 0.29) is 140 Å². The molecule has 0 unspecified atom stereocenters. The number of carbonyl (C=O) groups excluding carboxylic acids is 12. The topological polar surface area (TPSA) is 749 Å². The van der Waals surface area contributed by atoms with Gasteiger partial charge in [0.05, 0.1) is 13.2 Å². The van der Waals surface area contributed by atoms with Crippen LogP contribution in [0.25, 0.3) is 0 Å². The maximum Gasteiger partial charge on any atom is 0.327 e.